The van der Waals surface area contributed by atoms with Crippen LogP contribution in [-0.2, 0) is 0 Å². The Balaban J connectivity index is 2.69. The molecule has 0 aliphatic carbocycles. The topological polar surface area (TPSA) is 48.2 Å². The molecule has 0 aromatic carbocycles. The van der Waals surface area contributed by atoms with Crippen molar-refractivity contribution in [3.63, 3.8) is 0 Å². The number of nitriles is 1. The van der Waals surface area contributed by atoms with Crippen molar-refractivity contribution in [3.8, 4) is 6.07 Å². The predicted molar refractivity (Wildman–Crippen MR) is 34.5 cm³/mol. The lowest BCUT2D eigenvalue weighted by molar-refractivity contribution is 0.917. The maximum atomic E-state index is 8.17. The normalized spacial score (nSPS) is 19.2. The van der Waals surface area contributed by atoms with Crippen LogP contribution in [-0.4, -0.2) is 6.21 Å². The van der Waals surface area contributed by atoms with Crippen molar-refractivity contribution in [2.24, 2.45) is 5.10 Å². The predicted octanol–water partition coefficient (Wildman–Crippen LogP) is 0.539. The van der Waals surface area contributed by atoms with E-state index in [0.717, 1.165) is 5.70 Å². The van der Waals surface area contributed by atoms with Crippen molar-refractivity contribution >= 4 is 6.21 Å². The Morgan fingerprint density at radius 1 is 1.78 bits per heavy atom. The molecular weight excluding hydrogens is 114 g/mol. The molecule has 1 rings (SSSR count). The number of allylic oxidation sites excluding steroid dienone is 3. The van der Waals surface area contributed by atoms with Gasteiger partial charge in [0.15, 0.2) is 0 Å². The van der Waals surface area contributed by atoms with Crippen molar-refractivity contribution in [1.82, 2.24) is 5.43 Å². The summed E-state index contributed by atoms with van der Waals surface area (Å²) in [5.41, 5.74) is 3.36. The lowest BCUT2D eigenvalue weighted by Gasteiger charge is -1.99. The summed E-state index contributed by atoms with van der Waals surface area (Å²) in [6.45, 7) is 0. The van der Waals surface area contributed by atoms with Gasteiger partial charge < -0.3 is 0 Å². The molecule has 0 radical (unpaired) electrons. The largest absolute Gasteiger partial charge is 0.278 e. The maximum absolute atomic E-state index is 8.17. The van der Waals surface area contributed by atoms with Crippen LogP contribution >= 0.6 is 0 Å². The number of nitrogens with zero attached hydrogens (tertiary/aromatic N) is 2. The highest BCUT2D eigenvalue weighted by Crippen LogP contribution is 1.93. The second kappa shape index (κ2) is 2.68. The van der Waals surface area contributed by atoms with Crippen LogP contribution in [0.5, 0.6) is 0 Å². The van der Waals surface area contributed by atoms with E-state index in [9.17, 15) is 0 Å². The van der Waals surface area contributed by atoms with Crippen LogP contribution in [0.3, 0.4) is 0 Å². The van der Waals surface area contributed by atoms with Crippen molar-refractivity contribution in [3.05, 3.63) is 23.9 Å². The summed E-state index contributed by atoms with van der Waals surface area (Å²) >= 11 is 0. The zero-order valence-electron chi connectivity index (χ0n) is 4.70. The van der Waals surface area contributed by atoms with Gasteiger partial charge in [0.1, 0.15) is 0 Å². The Morgan fingerprint density at radius 3 is 3.22 bits per heavy atom. The quantitative estimate of drug-likeness (QED) is 0.473. The van der Waals surface area contributed by atoms with Gasteiger partial charge in [-0.3, -0.25) is 5.43 Å². The Bertz CT molecular complexity index is 217. The SMILES string of the molecule is N#CC=C1C=CC=NN1. The van der Waals surface area contributed by atoms with E-state index in [4.69, 9.17) is 5.26 Å². The minimum Gasteiger partial charge on any atom is -0.278 e. The van der Waals surface area contributed by atoms with Crippen molar-refractivity contribution < 1.29 is 0 Å². The molecule has 3 heteroatoms. The Hall–Kier alpha value is -1.56. The van der Waals surface area contributed by atoms with Gasteiger partial charge in [-0.1, -0.05) is 0 Å². The highest BCUT2D eigenvalue weighted by atomic mass is 15.3. The van der Waals surface area contributed by atoms with Gasteiger partial charge in [0.25, 0.3) is 0 Å². The second-order valence-electron chi connectivity index (χ2n) is 1.48. The molecular formula is C6H5N3. The Morgan fingerprint density at radius 2 is 2.67 bits per heavy atom. The zero-order valence-corrected chi connectivity index (χ0v) is 4.70. The van der Waals surface area contributed by atoms with Crippen molar-refractivity contribution in [1.29, 1.82) is 5.26 Å². The fourth-order valence-corrected chi connectivity index (χ4v) is 0.489. The summed E-state index contributed by atoms with van der Waals surface area (Å²) in [7, 11) is 0. The molecule has 3 nitrogen and oxygen atoms in total. The number of nitrogens with one attached hydrogen (secondary N) is 1. The summed E-state index contributed by atoms with van der Waals surface area (Å²) in [5, 5.41) is 11.9. The van der Waals surface area contributed by atoms with Crippen LogP contribution in [0, 0.1) is 11.3 Å². The third-order valence-corrected chi connectivity index (χ3v) is 0.850. The lowest BCUT2D eigenvalue weighted by Crippen LogP contribution is -2.05. The van der Waals surface area contributed by atoms with E-state index in [0.29, 0.717) is 0 Å². The molecule has 1 heterocycles. The molecule has 0 fully saturated rings. The fourth-order valence-electron chi connectivity index (χ4n) is 0.489. The molecule has 1 aliphatic heterocycles. The molecule has 1 aliphatic rings. The summed E-state index contributed by atoms with van der Waals surface area (Å²) in [4.78, 5) is 0. The Kier molecular flexibility index (Phi) is 1.66. The van der Waals surface area contributed by atoms with Crippen LogP contribution in [0.1, 0.15) is 0 Å². The van der Waals surface area contributed by atoms with Gasteiger partial charge in [0.05, 0.1) is 11.8 Å². The molecule has 44 valence electrons. The van der Waals surface area contributed by atoms with E-state index in [-0.39, 0.29) is 0 Å². The smallest absolute Gasteiger partial charge is 0.0934 e. The van der Waals surface area contributed by atoms with E-state index in [2.05, 4.69) is 10.5 Å². The zero-order chi connectivity index (χ0) is 6.53. The molecule has 0 spiro atoms. The number of hydrogen-bond acceptors (Lipinski definition) is 3. The first-order valence-electron chi connectivity index (χ1n) is 2.49. The first-order chi connectivity index (χ1) is 4.43. The molecule has 0 aromatic heterocycles. The summed E-state index contributed by atoms with van der Waals surface area (Å²) in [5.74, 6) is 0. The summed E-state index contributed by atoms with van der Waals surface area (Å²) in [6.07, 6.45) is 6.55. The minimum absolute atomic E-state index is 0.722. The lowest BCUT2D eigenvalue weighted by atomic mass is 10.3. The average Bonchev–Trinajstić information content (AvgIpc) is 1.91. The monoisotopic (exact) mass is 119 g/mol. The summed E-state index contributed by atoms with van der Waals surface area (Å²) in [6, 6.07) is 1.89. The van der Waals surface area contributed by atoms with Gasteiger partial charge >= 0.3 is 0 Å². The van der Waals surface area contributed by atoms with Crippen LogP contribution < -0.4 is 5.43 Å². The van der Waals surface area contributed by atoms with Crippen LogP contribution in [0.4, 0.5) is 0 Å². The van der Waals surface area contributed by atoms with Crippen LogP contribution in [0.25, 0.3) is 0 Å². The number of hydrazone groups is 1. The van der Waals surface area contributed by atoms with Gasteiger partial charge in [-0.25, -0.2) is 0 Å². The number of hydrogen-bond donors (Lipinski definition) is 1. The standard InChI is InChI=1S/C6H5N3/c7-4-3-6-2-1-5-8-9-6/h1-3,5,9H. The van der Waals surface area contributed by atoms with Gasteiger partial charge in [0.2, 0.25) is 0 Å². The highest BCUT2D eigenvalue weighted by Gasteiger charge is 1.88. The molecule has 0 saturated carbocycles. The van der Waals surface area contributed by atoms with Gasteiger partial charge in [-0.05, 0) is 12.2 Å². The van der Waals surface area contributed by atoms with Gasteiger partial charge in [0, 0.05) is 12.3 Å². The van der Waals surface area contributed by atoms with E-state index in [1.165, 1.54) is 6.08 Å². The van der Waals surface area contributed by atoms with Crippen molar-refractivity contribution in [2.75, 3.05) is 0 Å². The minimum atomic E-state index is 0.722. The fraction of sp³-hybridized carbons (Fsp3) is 0. The van der Waals surface area contributed by atoms with E-state index < -0.39 is 0 Å². The highest BCUT2D eigenvalue weighted by molar-refractivity contribution is 5.73. The number of rotatable bonds is 0. The molecule has 0 unspecified atom stereocenters. The molecule has 0 aromatic rings. The molecule has 9 heavy (non-hydrogen) atoms. The Labute approximate surface area is 53.0 Å². The maximum Gasteiger partial charge on any atom is 0.0934 e. The molecule has 0 atom stereocenters. The molecule has 1 N–H and O–H groups in total. The van der Waals surface area contributed by atoms with E-state index in [1.807, 2.05) is 6.07 Å². The van der Waals surface area contributed by atoms with Gasteiger partial charge in [-0.2, -0.15) is 10.4 Å². The van der Waals surface area contributed by atoms with Gasteiger partial charge in [-0.15, -0.1) is 0 Å². The second-order valence-corrected chi connectivity index (χ2v) is 1.48. The molecule has 0 saturated heterocycles. The van der Waals surface area contributed by atoms with Crippen molar-refractivity contribution in [2.45, 2.75) is 0 Å². The third kappa shape index (κ3) is 1.42. The third-order valence-electron chi connectivity index (χ3n) is 0.850. The van der Waals surface area contributed by atoms with E-state index in [1.54, 1.807) is 18.4 Å². The van der Waals surface area contributed by atoms with Crippen LogP contribution in [0.2, 0.25) is 0 Å². The molecule has 0 amide bonds. The molecule has 0 bridgehead atoms. The average molecular weight is 119 g/mol. The first kappa shape index (κ1) is 5.57. The van der Waals surface area contributed by atoms with Crippen LogP contribution in [0.15, 0.2) is 29.0 Å². The first-order valence-corrected chi connectivity index (χ1v) is 2.49. The summed E-state index contributed by atoms with van der Waals surface area (Å²) < 4.78 is 0. The van der Waals surface area contributed by atoms with E-state index >= 15 is 0 Å².